The Morgan fingerprint density at radius 2 is 2.12 bits per heavy atom. The molecule has 3 aromatic rings. The molecule has 25 heavy (non-hydrogen) atoms. The second-order valence-electron chi connectivity index (χ2n) is 5.35. The zero-order chi connectivity index (χ0) is 17.8. The lowest BCUT2D eigenvalue weighted by atomic mass is 10.1. The van der Waals surface area contributed by atoms with Gasteiger partial charge >= 0.3 is 0 Å². The van der Waals surface area contributed by atoms with Gasteiger partial charge in [-0.05, 0) is 38.1 Å². The summed E-state index contributed by atoms with van der Waals surface area (Å²) in [7, 11) is 0. The first kappa shape index (κ1) is 17.4. The summed E-state index contributed by atoms with van der Waals surface area (Å²) in [6.45, 7) is 3.75. The predicted molar refractivity (Wildman–Crippen MR) is 97.7 cm³/mol. The van der Waals surface area contributed by atoms with Crippen molar-refractivity contribution >= 4 is 35.1 Å². The molecule has 0 aliphatic rings. The first-order valence-corrected chi connectivity index (χ1v) is 8.76. The number of benzene rings is 1. The molecule has 0 radical (unpaired) electrons. The van der Waals surface area contributed by atoms with Crippen LogP contribution in [0.4, 0.5) is 5.82 Å². The van der Waals surface area contributed by atoms with Crippen molar-refractivity contribution in [3.63, 3.8) is 0 Å². The van der Waals surface area contributed by atoms with Crippen molar-refractivity contribution in [3.05, 3.63) is 53.2 Å². The van der Waals surface area contributed by atoms with Crippen LogP contribution in [0.1, 0.15) is 12.5 Å². The highest BCUT2D eigenvalue weighted by Crippen LogP contribution is 2.27. The maximum absolute atomic E-state index is 12.2. The van der Waals surface area contributed by atoms with Crippen LogP contribution in [0.5, 0.6) is 0 Å². The van der Waals surface area contributed by atoms with Gasteiger partial charge in [-0.3, -0.25) is 4.79 Å². The summed E-state index contributed by atoms with van der Waals surface area (Å²) in [5.41, 5.74) is 1.95. The van der Waals surface area contributed by atoms with Gasteiger partial charge in [0.2, 0.25) is 11.8 Å². The van der Waals surface area contributed by atoms with E-state index >= 15 is 0 Å². The van der Waals surface area contributed by atoms with Gasteiger partial charge in [0, 0.05) is 11.8 Å². The van der Waals surface area contributed by atoms with E-state index in [1.807, 2.05) is 31.2 Å². The van der Waals surface area contributed by atoms with E-state index in [0.29, 0.717) is 22.0 Å². The number of aryl methyl sites for hydroxylation is 1. The third-order valence-corrected chi connectivity index (χ3v) is 4.45. The second kappa shape index (κ2) is 7.67. The number of nitrogens with zero attached hydrogens (tertiary/aromatic N) is 3. The van der Waals surface area contributed by atoms with E-state index in [1.54, 1.807) is 19.1 Å². The van der Waals surface area contributed by atoms with E-state index in [9.17, 15) is 4.79 Å². The first-order chi connectivity index (χ1) is 12.0. The van der Waals surface area contributed by atoms with E-state index < -0.39 is 5.25 Å². The lowest BCUT2D eigenvalue weighted by molar-refractivity contribution is -0.115. The molecule has 0 saturated carbocycles. The largest absolute Gasteiger partial charge is 0.411 e. The Morgan fingerprint density at radius 1 is 1.28 bits per heavy atom. The van der Waals surface area contributed by atoms with E-state index in [4.69, 9.17) is 16.0 Å². The van der Waals surface area contributed by atoms with Crippen molar-refractivity contribution < 1.29 is 9.21 Å². The molecule has 3 rings (SSSR count). The summed E-state index contributed by atoms with van der Waals surface area (Å²) in [6.07, 6.45) is 1.47. The molecule has 0 aliphatic heterocycles. The Morgan fingerprint density at radius 3 is 2.84 bits per heavy atom. The number of carbonyl (C=O) groups is 1. The number of hydrogen-bond acceptors (Lipinski definition) is 6. The maximum Gasteiger partial charge on any atom is 0.277 e. The monoisotopic (exact) mass is 374 g/mol. The molecule has 8 heteroatoms. The van der Waals surface area contributed by atoms with Crippen LogP contribution in [-0.4, -0.2) is 26.3 Å². The highest BCUT2D eigenvalue weighted by Gasteiger charge is 2.19. The molecule has 6 nitrogen and oxygen atoms in total. The lowest BCUT2D eigenvalue weighted by Gasteiger charge is -2.09. The minimum atomic E-state index is -0.428. The molecule has 0 bridgehead atoms. The Kier molecular flexibility index (Phi) is 5.35. The van der Waals surface area contributed by atoms with Crippen LogP contribution in [0.25, 0.3) is 11.5 Å². The number of carbonyl (C=O) groups excluding carboxylic acids is 1. The van der Waals surface area contributed by atoms with Crippen molar-refractivity contribution in [2.75, 3.05) is 5.32 Å². The van der Waals surface area contributed by atoms with Crippen molar-refractivity contribution in [2.24, 2.45) is 0 Å². The molecular weight excluding hydrogens is 360 g/mol. The molecule has 1 atom stereocenters. The fraction of sp³-hybridized carbons (Fsp3) is 0.176. The summed E-state index contributed by atoms with van der Waals surface area (Å²) in [5, 5.41) is 11.2. The van der Waals surface area contributed by atoms with Crippen LogP contribution in [-0.2, 0) is 4.79 Å². The molecule has 2 aromatic heterocycles. The van der Waals surface area contributed by atoms with Crippen molar-refractivity contribution in [3.8, 4) is 11.5 Å². The number of thioether (sulfide) groups is 1. The molecule has 0 aliphatic carbocycles. The van der Waals surface area contributed by atoms with Crippen LogP contribution >= 0.6 is 23.4 Å². The van der Waals surface area contributed by atoms with Gasteiger partial charge < -0.3 is 9.73 Å². The number of anilines is 1. The lowest BCUT2D eigenvalue weighted by Crippen LogP contribution is -2.22. The van der Waals surface area contributed by atoms with E-state index in [-0.39, 0.29) is 5.91 Å². The zero-order valence-electron chi connectivity index (χ0n) is 13.6. The fourth-order valence-electron chi connectivity index (χ4n) is 2.03. The smallest absolute Gasteiger partial charge is 0.277 e. The van der Waals surface area contributed by atoms with Crippen LogP contribution in [0.2, 0.25) is 5.02 Å². The predicted octanol–water partition coefficient (Wildman–Crippen LogP) is 4.21. The maximum atomic E-state index is 12.2. The van der Waals surface area contributed by atoms with Gasteiger partial charge in [-0.15, -0.1) is 10.2 Å². The SMILES string of the molecule is Cc1cccc(-c2nnc(S[C@H](C)C(=O)Nc3ccc(Cl)cn3)o2)c1. The molecule has 2 heterocycles. The Bertz CT molecular complexity index is 882. The van der Waals surface area contributed by atoms with E-state index in [1.165, 1.54) is 18.0 Å². The Labute approximate surface area is 154 Å². The standard InChI is InChI=1S/C17H15ClN4O2S/c1-10-4-3-5-12(8-10)16-21-22-17(24-16)25-11(2)15(23)20-14-7-6-13(18)9-19-14/h3-9,11H,1-2H3,(H,19,20,23)/t11-/m1/s1. The molecule has 128 valence electrons. The fourth-order valence-corrected chi connectivity index (χ4v) is 2.83. The number of rotatable bonds is 5. The number of amides is 1. The zero-order valence-corrected chi connectivity index (χ0v) is 15.1. The highest BCUT2D eigenvalue weighted by molar-refractivity contribution is 8.00. The molecule has 1 amide bonds. The molecule has 0 fully saturated rings. The summed E-state index contributed by atoms with van der Waals surface area (Å²) in [6, 6.07) is 11.1. The minimum Gasteiger partial charge on any atom is -0.411 e. The van der Waals surface area contributed by atoms with Crippen LogP contribution in [0.3, 0.4) is 0 Å². The van der Waals surface area contributed by atoms with E-state index in [2.05, 4.69) is 20.5 Å². The van der Waals surface area contributed by atoms with Crippen molar-refractivity contribution in [1.29, 1.82) is 0 Å². The Hall–Kier alpha value is -2.38. The molecule has 0 unspecified atom stereocenters. The van der Waals surface area contributed by atoms with Gasteiger partial charge in [-0.25, -0.2) is 4.98 Å². The highest BCUT2D eigenvalue weighted by atomic mass is 35.5. The molecule has 0 saturated heterocycles. The average molecular weight is 375 g/mol. The van der Waals surface area contributed by atoms with Gasteiger partial charge in [0.05, 0.1) is 10.3 Å². The molecule has 1 aromatic carbocycles. The summed E-state index contributed by atoms with van der Waals surface area (Å²) in [4.78, 5) is 16.3. The molecular formula is C17H15ClN4O2S. The summed E-state index contributed by atoms with van der Waals surface area (Å²) in [5.74, 6) is 0.654. The Balaban J connectivity index is 1.64. The second-order valence-corrected chi connectivity index (χ2v) is 7.08. The van der Waals surface area contributed by atoms with Crippen molar-refractivity contribution in [2.45, 2.75) is 24.3 Å². The minimum absolute atomic E-state index is 0.213. The van der Waals surface area contributed by atoms with E-state index in [0.717, 1.165) is 11.1 Å². The average Bonchev–Trinajstić information content (AvgIpc) is 3.05. The van der Waals surface area contributed by atoms with Crippen molar-refractivity contribution in [1.82, 2.24) is 15.2 Å². The number of aromatic nitrogens is 3. The number of halogens is 1. The first-order valence-electron chi connectivity index (χ1n) is 7.51. The number of hydrogen-bond donors (Lipinski definition) is 1. The molecule has 1 N–H and O–H groups in total. The van der Waals surface area contributed by atoms with Gasteiger partial charge in [0.15, 0.2) is 0 Å². The molecule has 0 spiro atoms. The third kappa shape index (κ3) is 4.58. The topological polar surface area (TPSA) is 80.9 Å². The van der Waals surface area contributed by atoms with Crippen LogP contribution in [0.15, 0.2) is 52.2 Å². The van der Waals surface area contributed by atoms with Gasteiger partial charge in [-0.2, -0.15) is 0 Å². The number of nitrogens with one attached hydrogen (secondary N) is 1. The summed E-state index contributed by atoms with van der Waals surface area (Å²) < 4.78 is 5.64. The summed E-state index contributed by atoms with van der Waals surface area (Å²) >= 11 is 6.96. The van der Waals surface area contributed by atoms with Gasteiger partial charge in [0.1, 0.15) is 5.82 Å². The van der Waals surface area contributed by atoms with Crippen LogP contribution < -0.4 is 5.32 Å². The third-order valence-electron chi connectivity index (χ3n) is 3.30. The van der Waals surface area contributed by atoms with Crippen LogP contribution in [0, 0.1) is 6.92 Å². The quantitative estimate of drug-likeness (QED) is 0.673. The normalized spacial score (nSPS) is 12.0. The van der Waals surface area contributed by atoms with Gasteiger partial charge in [0.25, 0.3) is 5.22 Å². The number of pyridine rings is 1. The van der Waals surface area contributed by atoms with Gasteiger partial charge in [-0.1, -0.05) is 41.1 Å².